The van der Waals surface area contributed by atoms with Gasteiger partial charge in [0.25, 0.3) is 5.91 Å². The summed E-state index contributed by atoms with van der Waals surface area (Å²) in [6, 6.07) is 3.53. The van der Waals surface area contributed by atoms with Crippen LogP contribution in [-0.2, 0) is 4.74 Å². The van der Waals surface area contributed by atoms with Gasteiger partial charge < -0.3 is 14.5 Å². The molecule has 5 rings (SSSR count). The van der Waals surface area contributed by atoms with E-state index in [4.69, 9.17) is 9.15 Å². The third-order valence-electron chi connectivity index (χ3n) is 4.51. The number of ether oxygens (including phenoxy) is 1. The molecule has 10 heteroatoms. The van der Waals surface area contributed by atoms with Crippen LogP contribution in [0, 0.1) is 0 Å². The molecule has 1 aliphatic rings. The van der Waals surface area contributed by atoms with E-state index in [0.717, 1.165) is 17.0 Å². The molecule has 28 heavy (non-hydrogen) atoms. The van der Waals surface area contributed by atoms with Gasteiger partial charge in [0.05, 0.1) is 30.1 Å². The van der Waals surface area contributed by atoms with Crippen LogP contribution in [0.4, 0.5) is 5.69 Å². The first-order valence-corrected chi connectivity index (χ1v) is 9.63. The van der Waals surface area contributed by atoms with Gasteiger partial charge in [0.2, 0.25) is 0 Å². The second kappa shape index (κ2) is 7.06. The fourth-order valence-electron chi connectivity index (χ4n) is 3.08. The molecular formula is C18H16N6O3S. The lowest BCUT2D eigenvalue weighted by Crippen LogP contribution is -2.11. The molecule has 1 unspecified atom stereocenters. The van der Waals surface area contributed by atoms with Gasteiger partial charge in [0.15, 0.2) is 5.76 Å². The highest BCUT2D eigenvalue weighted by atomic mass is 32.1. The highest BCUT2D eigenvalue weighted by Gasteiger charge is 2.24. The summed E-state index contributed by atoms with van der Waals surface area (Å²) in [5.74, 6) is 0.422. The highest BCUT2D eigenvalue weighted by molar-refractivity contribution is 7.13. The normalized spacial score (nSPS) is 16.5. The third kappa shape index (κ3) is 3.12. The van der Waals surface area contributed by atoms with Gasteiger partial charge in [-0.1, -0.05) is 0 Å². The molecule has 142 valence electrons. The summed E-state index contributed by atoms with van der Waals surface area (Å²) in [6.45, 7) is 1.32. The van der Waals surface area contributed by atoms with Gasteiger partial charge in [-0.3, -0.25) is 14.6 Å². The van der Waals surface area contributed by atoms with Crippen molar-refractivity contribution < 1.29 is 13.9 Å². The van der Waals surface area contributed by atoms with Gasteiger partial charge in [-0.05, 0) is 18.6 Å². The Morgan fingerprint density at radius 3 is 3.11 bits per heavy atom. The van der Waals surface area contributed by atoms with Crippen molar-refractivity contribution in [2.75, 3.05) is 18.5 Å². The van der Waals surface area contributed by atoms with Crippen molar-refractivity contribution in [2.45, 2.75) is 12.5 Å². The Morgan fingerprint density at radius 1 is 1.39 bits per heavy atom. The maximum atomic E-state index is 12.7. The minimum Gasteiger partial charge on any atom is -0.451 e. The van der Waals surface area contributed by atoms with Crippen LogP contribution >= 0.6 is 11.3 Å². The number of rotatable bonds is 5. The monoisotopic (exact) mass is 396 g/mol. The third-order valence-corrected chi connectivity index (χ3v) is 5.29. The fraction of sp³-hybridized carbons (Fsp3) is 0.222. The van der Waals surface area contributed by atoms with Crippen LogP contribution in [0.5, 0.6) is 0 Å². The first kappa shape index (κ1) is 16.9. The van der Waals surface area contributed by atoms with Gasteiger partial charge >= 0.3 is 0 Å². The van der Waals surface area contributed by atoms with E-state index in [1.54, 1.807) is 30.7 Å². The number of hydrogen-bond acceptors (Lipinski definition) is 7. The molecule has 1 fully saturated rings. The lowest BCUT2D eigenvalue weighted by atomic mass is 10.3. The molecule has 9 nitrogen and oxygen atoms in total. The average molecular weight is 396 g/mol. The predicted molar refractivity (Wildman–Crippen MR) is 102 cm³/mol. The zero-order valence-corrected chi connectivity index (χ0v) is 15.5. The molecule has 1 aliphatic heterocycles. The Kier molecular flexibility index (Phi) is 4.26. The summed E-state index contributed by atoms with van der Waals surface area (Å²) in [5.41, 5.74) is 2.00. The first-order chi connectivity index (χ1) is 13.8. The van der Waals surface area contributed by atoms with Crippen LogP contribution < -0.4 is 5.32 Å². The van der Waals surface area contributed by atoms with Crippen molar-refractivity contribution in [1.82, 2.24) is 25.0 Å². The molecule has 1 saturated heterocycles. The number of thiazole rings is 1. The number of nitrogens with zero attached hydrogens (tertiary/aromatic N) is 4. The van der Waals surface area contributed by atoms with Crippen LogP contribution in [0.15, 0.2) is 46.7 Å². The second-order valence-electron chi connectivity index (χ2n) is 6.33. The van der Waals surface area contributed by atoms with E-state index in [1.165, 1.54) is 11.3 Å². The Morgan fingerprint density at radius 2 is 2.36 bits per heavy atom. The predicted octanol–water partition coefficient (Wildman–Crippen LogP) is 3.20. The first-order valence-electron chi connectivity index (χ1n) is 8.75. The van der Waals surface area contributed by atoms with E-state index in [1.807, 2.05) is 16.3 Å². The molecule has 0 aliphatic carbocycles. The second-order valence-corrected chi connectivity index (χ2v) is 7.23. The summed E-state index contributed by atoms with van der Waals surface area (Å²) >= 11 is 1.47. The highest BCUT2D eigenvalue weighted by Crippen LogP contribution is 2.31. The molecule has 0 spiro atoms. The molecule has 1 atom stereocenters. The van der Waals surface area contributed by atoms with E-state index in [0.29, 0.717) is 30.4 Å². The number of nitrogens with one attached hydrogen (secondary N) is 2. The lowest BCUT2D eigenvalue weighted by Gasteiger charge is -2.06. The number of amides is 1. The summed E-state index contributed by atoms with van der Waals surface area (Å²) < 4.78 is 13.0. The number of hydrogen-bond donors (Lipinski definition) is 2. The quantitative estimate of drug-likeness (QED) is 0.536. The summed E-state index contributed by atoms with van der Waals surface area (Å²) in [4.78, 5) is 17.1. The Bertz CT molecular complexity index is 1080. The molecule has 4 aromatic heterocycles. The minimum atomic E-state index is -0.352. The molecule has 0 bridgehead atoms. The number of furan rings is 1. The SMILES string of the molecule is O=C(Nc1cn(C2CCOC2)nc1-c1nccs1)c1ccc(-c2cn[nH]c2)o1. The Balaban J connectivity index is 1.43. The van der Waals surface area contributed by atoms with E-state index >= 15 is 0 Å². The van der Waals surface area contributed by atoms with Gasteiger partial charge in [-0.15, -0.1) is 11.3 Å². The van der Waals surface area contributed by atoms with E-state index in [-0.39, 0.29) is 17.7 Å². The largest absolute Gasteiger partial charge is 0.451 e. The van der Waals surface area contributed by atoms with Gasteiger partial charge in [-0.2, -0.15) is 10.2 Å². The van der Waals surface area contributed by atoms with Gasteiger partial charge in [0.1, 0.15) is 16.5 Å². The molecule has 1 amide bonds. The molecular weight excluding hydrogens is 380 g/mol. The van der Waals surface area contributed by atoms with Crippen LogP contribution in [0.3, 0.4) is 0 Å². The van der Waals surface area contributed by atoms with Crippen molar-refractivity contribution in [3.05, 3.63) is 48.1 Å². The van der Waals surface area contributed by atoms with Crippen LogP contribution in [0.25, 0.3) is 22.0 Å². The van der Waals surface area contributed by atoms with E-state index < -0.39 is 0 Å². The van der Waals surface area contributed by atoms with Crippen molar-refractivity contribution >= 4 is 22.9 Å². The number of carbonyl (C=O) groups is 1. The molecule has 0 radical (unpaired) electrons. The number of H-pyrrole nitrogens is 1. The van der Waals surface area contributed by atoms with Gasteiger partial charge in [-0.25, -0.2) is 4.98 Å². The zero-order valence-electron chi connectivity index (χ0n) is 14.7. The van der Waals surface area contributed by atoms with Crippen molar-refractivity contribution in [1.29, 1.82) is 0 Å². The number of anilines is 1. The molecule has 0 saturated carbocycles. The Labute approximate surface area is 163 Å². The van der Waals surface area contributed by atoms with Crippen LogP contribution in [0.1, 0.15) is 23.0 Å². The number of carbonyl (C=O) groups excluding carboxylic acids is 1. The van der Waals surface area contributed by atoms with Crippen LogP contribution in [0.2, 0.25) is 0 Å². The van der Waals surface area contributed by atoms with Crippen molar-refractivity contribution in [3.63, 3.8) is 0 Å². The molecule has 2 N–H and O–H groups in total. The number of aromatic nitrogens is 5. The smallest absolute Gasteiger partial charge is 0.291 e. The topological polar surface area (TPSA) is 111 Å². The average Bonchev–Trinajstić information content (AvgIpc) is 3.54. The zero-order chi connectivity index (χ0) is 18.9. The van der Waals surface area contributed by atoms with E-state index in [9.17, 15) is 4.79 Å². The molecule has 4 aromatic rings. The fourth-order valence-corrected chi connectivity index (χ4v) is 3.72. The number of aromatic amines is 1. The lowest BCUT2D eigenvalue weighted by molar-refractivity contribution is 0.0997. The summed E-state index contributed by atoms with van der Waals surface area (Å²) in [5, 5.41) is 16.8. The maximum Gasteiger partial charge on any atom is 0.291 e. The standard InChI is InChI=1S/C18H16N6O3S/c25-17(15-2-1-14(27-15)11-7-20-21-8-11)22-13-9-24(12-3-5-26-10-12)23-16(13)18-19-4-6-28-18/h1-2,4,6-9,12H,3,5,10H2,(H,20,21)(H,22,25). The Hall–Kier alpha value is -3.24. The minimum absolute atomic E-state index is 0.153. The maximum absolute atomic E-state index is 12.7. The molecule has 5 heterocycles. The van der Waals surface area contributed by atoms with Gasteiger partial charge in [0, 0.05) is 30.6 Å². The summed E-state index contributed by atoms with van der Waals surface area (Å²) in [7, 11) is 0. The van der Waals surface area contributed by atoms with E-state index in [2.05, 4.69) is 25.6 Å². The molecule has 0 aromatic carbocycles. The summed E-state index contributed by atoms with van der Waals surface area (Å²) in [6.07, 6.45) is 7.77. The van der Waals surface area contributed by atoms with Crippen molar-refractivity contribution in [2.24, 2.45) is 0 Å². The van der Waals surface area contributed by atoms with Crippen molar-refractivity contribution in [3.8, 4) is 22.0 Å². The van der Waals surface area contributed by atoms with Crippen LogP contribution in [-0.4, -0.2) is 44.1 Å².